The molecule has 0 fully saturated rings. The number of alkyl halides is 3. The molecule has 1 amide bonds. The first-order valence-electron chi connectivity index (χ1n) is 11.6. The first-order chi connectivity index (χ1) is 19.2. The predicted molar refractivity (Wildman–Crippen MR) is 150 cm³/mol. The average Bonchev–Trinajstić information content (AvgIpc) is 2.93. The van der Waals surface area contributed by atoms with Crippen LogP contribution in [0.4, 0.5) is 30.2 Å². The van der Waals surface area contributed by atoms with E-state index in [-0.39, 0.29) is 32.4 Å². The lowest BCUT2D eigenvalue weighted by molar-refractivity contribution is -0.137. The molecule has 0 unspecified atom stereocenters. The number of nitrogens with zero attached hydrogens (tertiary/aromatic N) is 1. The van der Waals surface area contributed by atoms with Gasteiger partial charge < -0.3 is 5.32 Å². The molecule has 0 saturated heterocycles. The van der Waals surface area contributed by atoms with Gasteiger partial charge in [-0.05, 0) is 66.7 Å². The summed E-state index contributed by atoms with van der Waals surface area (Å²) in [6, 6.07) is 21.2. The summed E-state index contributed by atoms with van der Waals surface area (Å²) in [6.07, 6.45) is -4.78. The fourth-order valence-electron chi connectivity index (χ4n) is 3.76. The Morgan fingerprint density at radius 1 is 0.780 bits per heavy atom. The molecule has 0 atom stereocenters. The highest BCUT2D eigenvalue weighted by Gasteiger charge is 2.33. The van der Waals surface area contributed by atoms with Gasteiger partial charge in [-0.15, -0.1) is 0 Å². The van der Waals surface area contributed by atoms with E-state index in [0.29, 0.717) is 6.07 Å². The summed E-state index contributed by atoms with van der Waals surface area (Å²) >= 11 is 5.59. The van der Waals surface area contributed by atoms with Gasteiger partial charge in [0.2, 0.25) is 0 Å². The van der Waals surface area contributed by atoms with Crippen LogP contribution in [-0.2, 0) is 26.2 Å². The van der Waals surface area contributed by atoms with E-state index in [1.165, 1.54) is 43.4 Å². The molecule has 4 rings (SSSR count). The number of para-hydroxylation sites is 1. The maximum absolute atomic E-state index is 13.1. The third kappa shape index (κ3) is 6.64. The Bertz CT molecular complexity index is 1800. The van der Waals surface area contributed by atoms with Crippen LogP contribution in [0.3, 0.4) is 0 Å². The molecule has 0 radical (unpaired) electrons. The standard InChI is InChI=1S/C27H21ClF3N3O5S2/c1-34(41(38,39)21-7-3-2-4-8-21)25-10-6-5-9-22(25)26(35)32-18-11-14-20(15-12-18)40(36,37)33-19-13-16-24(28)23(17-19)27(29,30)31/h2-17,33H,1H3,(H,32,35). The lowest BCUT2D eigenvalue weighted by Gasteiger charge is -2.22. The molecule has 0 spiro atoms. The second-order valence-corrected chi connectivity index (χ2v) is 12.6. The van der Waals surface area contributed by atoms with Gasteiger partial charge in [-0.3, -0.25) is 13.8 Å². The van der Waals surface area contributed by atoms with E-state index in [0.717, 1.165) is 28.6 Å². The zero-order chi connectivity index (χ0) is 30.0. The lowest BCUT2D eigenvalue weighted by Crippen LogP contribution is -2.29. The van der Waals surface area contributed by atoms with Gasteiger partial charge in [0, 0.05) is 18.4 Å². The summed E-state index contributed by atoms with van der Waals surface area (Å²) in [5.41, 5.74) is -1.21. The number of halogens is 4. The van der Waals surface area contributed by atoms with Crippen molar-refractivity contribution in [2.24, 2.45) is 0 Å². The van der Waals surface area contributed by atoms with Crippen molar-refractivity contribution in [3.63, 3.8) is 0 Å². The SMILES string of the molecule is CN(c1ccccc1C(=O)Nc1ccc(S(=O)(=O)Nc2ccc(Cl)c(C(F)(F)F)c2)cc1)S(=O)(=O)c1ccccc1. The number of nitrogens with one attached hydrogen (secondary N) is 2. The summed E-state index contributed by atoms with van der Waals surface area (Å²) in [7, 11) is -6.95. The van der Waals surface area contributed by atoms with Gasteiger partial charge >= 0.3 is 6.18 Å². The van der Waals surface area contributed by atoms with Gasteiger partial charge in [0.1, 0.15) is 0 Å². The Labute approximate surface area is 239 Å². The molecular formula is C27H21ClF3N3O5S2. The summed E-state index contributed by atoms with van der Waals surface area (Å²) in [5, 5.41) is 2.01. The quantitative estimate of drug-likeness (QED) is 0.241. The van der Waals surface area contributed by atoms with E-state index in [1.54, 1.807) is 30.3 Å². The van der Waals surface area contributed by atoms with Crippen molar-refractivity contribution >= 4 is 54.6 Å². The highest BCUT2D eigenvalue weighted by atomic mass is 35.5. The number of hydrogen-bond donors (Lipinski definition) is 2. The number of rotatable bonds is 8. The molecule has 14 heteroatoms. The molecule has 214 valence electrons. The van der Waals surface area contributed by atoms with Crippen molar-refractivity contribution in [2.45, 2.75) is 16.0 Å². The maximum Gasteiger partial charge on any atom is 0.417 e. The highest BCUT2D eigenvalue weighted by molar-refractivity contribution is 7.93. The van der Waals surface area contributed by atoms with E-state index in [2.05, 4.69) is 10.0 Å². The van der Waals surface area contributed by atoms with Crippen molar-refractivity contribution in [3.8, 4) is 0 Å². The molecule has 4 aromatic rings. The fraction of sp³-hybridized carbons (Fsp3) is 0.0741. The first-order valence-corrected chi connectivity index (χ1v) is 14.9. The average molecular weight is 624 g/mol. The van der Waals surface area contributed by atoms with Gasteiger partial charge in [0.25, 0.3) is 26.0 Å². The molecule has 0 aliphatic rings. The zero-order valence-electron chi connectivity index (χ0n) is 21.1. The number of sulfonamides is 2. The van der Waals surface area contributed by atoms with Crippen LogP contribution in [0.1, 0.15) is 15.9 Å². The summed E-state index contributed by atoms with van der Waals surface area (Å²) < 4.78 is 94.1. The minimum Gasteiger partial charge on any atom is -0.322 e. The van der Waals surface area contributed by atoms with E-state index >= 15 is 0 Å². The van der Waals surface area contributed by atoms with E-state index < -0.39 is 42.7 Å². The van der Waals surface area contributed by atoms with Gasteiger partial charge in [-0.2, -0.15) is 13.2 Å². The van der Waals surface area contributed by atoms with Crippen LogP contribution >= 0.6 is 11.6 Å². The second kappa shape index (κ2) is 11.4. The second-order valence-electron chi connectivity index (χ2n) is 8.58. The predicted octanol–water partition coefficient (Wildman–Crippen LogP) is 6.24. The Morgan fingerprint density at radius 3 is 2.00 bits per heavy atom. The number of carbonyl (C=O) groups is 1. The molecule has 0 heterocycles. The van der Waals surface area contributed by atoms with Crippen molar-refractivity contribution < 1.29 is 34.8 Å². The Morgan fingerprint density at radius 2 is 1.37 bits per heavy atom. The molecule has 0 aliphatic heterocycles. The molecule has 0 bridgehead atoms. The lowest BCUT2D eigenvalue weighted by atomic mass is 10.1. The van der Waals surface area contributed by atoms with Gasteiger partial charge in [0.15, 0.2) is 0 Å². The largest absolute Gasteiger partial charge is 0.417 e. The summed E-state index contributed by atoms with van der Waals surface area (Å²) in [6.45, 7) is 0. The molecule has 0 saturated carbocycles. The van der Waals surface area contributed by atoms with Gasteiger partial charge in [-0.1, -0.05) is 41.9 Å². The van der Waals surface area contributed by atoms with Crippen molar-refractivity contribution in [1.29, 1.82) is 0 Å². The zero-order valence-corrected chi connectivity index (χ0v) is 23.4. The number of hydrogen-bond acceptors (Lipinski definition) is 5. The highest BCUT2D eigenvalue weighted by Crippen LogP contribution is 2.36. The molecule has 41 heavy (non-hydrogen) atoms. The van der Waals surface area contributed by atoms with Crippen molar-refractivity contribution in [2.75, 3.05) is 21.4 Å². The van der Waals surface area contributed by atoms with Crippen LogP contribution in [0.25, 0.3) is 0 Å². The van der Waals surface area contributed by atoms with Crippen molar-refractivity contribution in [3.05, 3.63) is 113 Å². The van der Waals surface area contributed by atoms with E-state index in [4.69, 9.17) is 11.6 Å². The fourth-order valence-corrected chi connectivity index (χ4v) is 6.27. The molecule has 0 aliphatic carbocycles. The third-order valence-corrected chi connectivity index (χ3v) is 9.35. The topological polar surface area (TPSA) is 113 Å². The van der Waals surface area contributed by atoms with Crippen LogP contribution in [-0.4, -0.2) is 29.8 Å². The number of benzene rings is 4. The van der Waals surface area contributed by atoms with E-state index in [9.17, 15) is 34.8 Å². The smallest absolute Gasteiger partial charge is 0.322 e. The number of carbonyl (C=O) groups excluding carboxylic acids is 1. The van der Waals surface area contributed by atoms with Gasteiger partial charge in [0.05, 0.1) is 31.6 Å². The minimum absolute atomic E-state index is 0.0380. The number of amides is 1. The number of anilines is 3. The Balaban J connectivity index is 1.53. The summed E-state index contributed by atoms with van der Waals surface area (Å²) in [5.74, 6) is -0.662. The molecule has 8 nitrogen and oxygen atoms in total. The molecule has 4 aromatic carbocycles. The van der Waals surface area contributed by atoms with Crippen LogP contribution in [0.2, 0.25) is 5.02 Å². The normalized spacial score (nSPS) is 12.0. The van der Waals surface area contributed by atoms with Crippen LogP contribution in [0, 0.1) is 0 Å². The maximum atomic E-state index is 13.1. The molecule has 0 aromatic heterocycles. The van der Waals surface area contributed by atoms with Crippen LogP contribution in [0.5, 0.6) is 0 Å². The molecular weight excluding hydrogens is 603 g/mol. The van der Waals surface area contributed by atoms with Gasteiger partial charge in [-0.25, -0.2) is 16.8 Å². The Hall–Kier alpha value is -4.07. The van der Waals surface area contributed by atoms with E-state index in [1.807, 2.05) is 0 Å². The van der Waals surface area contributed by atoms with Crippen molar-refractivity contribution in [1.82, 2.24) is 0 Å². The summed E-state index contributed by atoms with van der Waals surface area (Å²) in [4.78, 5) is 12.9. The molecule has 2 N–H and O–H groups in total. The monoisotopic (exact) mass is 623 g/mol. The third-order valence-electron chi connectivity index (χ3n) is 5.84. The Kier molecular flexibility index (Phi) is 8.34. The van der Waals surface area contributed by atoms with Crippen LogP contribution < -0.4 is 14.3 Å². The first kappa shape index (κ1) is 29.9. The minimum atomic E-state index is -4.78. The van der Waals surface area contributed by atoms with Crippen LogP contribution in [0.15, 0.2) is 107 Å².